The number of carbonyl (C=O) groups is 1. The Hall–Kier alpha value is -6.48. The maximum absolute atomic E-state index is 13.2. The lowest BCUT2D eigenvalue weighted by atomic mass is 9.99. The number of carbonyl (C=O) groups excluding carboxylic acids is 1. The van der Waals surface area contributed by atoms with Crippen LogP contribution in [0.3, 0.4) is 0 Å². The number of ether oxygens (including phenoxy) is 1. The van der Waals surface area contributed by atoms with Crippen LogP contribution in [0.25, 0.3) is 39.2 Å². The average molecular weight is 709 g/mol. The van der Waals surface area contributed by atoms with Gasteiger partial charge in [-0.25, -0.2) is 14.6 Å². The van der Waals surface area contributed by atoms with Crippen LogP contribution < -0.4 is 15.6 Å². The van der Waals surface area contributed by atoms with E-state index in [1.165, 1.54) is 36.4 Å². The summed E-state index contributed by atoms with van der Waals surface area (Å²) in [6.07, 6.45) is 1.71. The van der Waals surface area contributed by atoms with E-state index in [4.69, 9.17) is 9.15 Å². The largest absolute Gasteiger partial charge is 0.438 e. The zero-order valence-electron chi connectivity index (χ0n) is 28.3. The van der Waals surface area contributed by atoms with E-state index in [-0.39, 0.29) is 17.1 Å². The molecule has 0 bridgehead atoms. The highest BCUT2D eigenvalue weighted by Crippen LogP contribution is 2.44. The van der Waals surface area contributed by atoms with Gasteiger partial charge in [0, 0.05) is 44.3 Å². The fourth-order valence-electron chi connectivity index (χ4n) is 5.91. The van der Waals surface area contributed by atoms with Crippen LogP contribution in [0.2, 0.25) is 0 Å². The maximum Gasteiger partial charge on any atom is 0.416 e. The van der Waals surface area contributed by atoms with E-state index in [1.807, 2.05) is 39.5 Å². The first kappa shape index (κ1) is 34.0. The summed E-state index contributed by atoms with van der Waals surface area (Å²) < 4.78 is 55.8. The predicted molar refractivity (Wildman–Crippen MR) is 187 cm³/mol. The molecule has 3 aromatic carbocycles. The van der Waals surface area contributed by atoms with Crippen molar-refractivity contribution >= 4 is 22.7 Å². The molecule has 7 aromatic rings. The molecule has 0 radical (unpaired) electrons. The average Bonchev–Trinajstić information content (AvgIpc) is 3.80. The predicted octanol–water partition coefficient (Wildman–Crippen LogP) is 6.90. The van der Waals surface area contributed by atoms with Gasteiger partial charge in [-0.15, -0.1) is 0 Å². The van der Waals surface area contributed by atoms with E-state index in [0.717, 1.165) is 45.6 Å². The quantitative estimate of drug-likeness (QED) is 0.172. The number of aromatic nitrogens is 6. The summed E-state index contributed by atoms with van der Waals surface area (Å²) in [7, 11) is 7.34. The molecule has 264 valence electrons. The third kappa shape index (κ3) is 6.68. The molecular formula is C37H31F3N8O4. The number of nitrogens with one attached hydrogen (secondary N) is 1. The van der Waals surface area contributed by atoms with Crippen molar-refractivity contribution in [2.45, 2.75) is 12.7 Å². The molecule has 7 rings (SSSR count). The molecule has 0 saturated carbocycles. The highest BCUT2D eigenvalue weighted by molar-refractivity contribution is 6.04. The number of hydrogen-bond acceptors (Lipinski definition) is 8. The molecule has 15 heteroatoms. The van der Waals surface area contributed by atoms with Crippen LogP contribution in [0.15, 0.2) is 107 Å². The highest BCUT2D eigenvalue weighted by atomic mass is 19.4. The Morgan fingerprint density at radius 1 is 0.962 bits per heavy atom. The Balaban J connectivity index is 1.16. The molecule has 1 amide bonds. The lowest BCUT2D eigenvalue weighted by molar-refractivity contribution is -0.137. The van der Waals surface area contributed by atoms with Crippen molar-refractivity contribution in [1.82, 2.24) is 34.0 Å². The molecule has 0 unspecified atom stereocenters. The van der Waals surface area contributed by atoms with Crippen molar-refractivity contribution in [2.24, 2.45) is 14.1 Å². The van der Waals surface area contributed by atoms with Crippen molar-refractivity contribution in [3.8, 4) is 39.8 Å². The standard InChI is InChI=1S/C37H31F3N8O4/c1-45(2)18-22-6-5-7-23(16-22)30-31-34(41-21-42-35(31)52-32(30)24-17-43-46(3)19-24)51-28-14-10-26(11-15-28)44-33(49)29-20-47(4)48(36(29)50)27-12-8-25(9-13-27)37(38,39)40/h5-17,19-21H,18H2,1-4H3,(H,44,49). The molecule has 0 aliphatic rings. The smallest absolute Gasteiger partial charge is 0.416 e. The lowest BCUT2D eigenvalue weighted by Crippen LogP contribution is -2.25. The second-order valence-electron chi connectivity index (χ2n) is 12.4. The zero-order chi connectivity index (χ0) is 36.7. The molecule has 0 spiro atoms. The molecule has 4 aromatic heterocycles. The van der Waals surface area contributed by atoms with E-state index in [9.17, 15) is 22.8 Å². The van der Waals surface area contributed by atoms with E-state index in [0.29, 0.717) is 28.3 Å². The van der Waals surface area contributed by atoms with Crippen LogP contribution in [0.1, 0.15) is 21.5 Å². The topological polar surface area (TPSA) is 125 Å². The van der Waals surface area contributed by atoms with Gasteiger partial charge in [-0.1, -0.05) is 18.2 Å². The number of alkyl halides is 3. The molecule has 1 N–H and O–H groups in total. The summed E-state index contributed by atoms with van der Waals surface area (Å²) in [5, 5.41) is 7.58. The number of nitrogens with zero attached hydrogens (tertiary/aromatic N) is 7. The van der Waals surface area contributed by atoms with Gasteiger partial charge in [-0.05, 0) is 79.8 Å². The molecule has 12 nitrogen and oxygen atoms in total. The summed E-state index contributed by atoms with van der Waals surface area (Å²) in [6, 6.07) is 18.7. The van der Waals surface area contributed by atoms with Gasteiger partial charge >= 0.3 is 6.18 Å². The van der Waals surface area contributed by atoms with E-state index in [2.05, 4.69) is 37.4 Å². The first-order valence-electron chi connectivity index (χ1n) is 15.9. The Bertz CT molecular complexity index is 2480. The van der Waals surface area contributed by atoms with Crippen molar-refractivity contribution in [2.75, 3.05) is 19.4 Å². The van der Waals surface area contributed by atoms with Gasteiger partial charge in [0.2, 0.25) is 11.6 Å². The molecule has 52 heavy (non-hydrogen) atoms. The Labute approximate surface area is 294 Å². The van der Waals surface area contributed by atoms with Gasteiger partial charge < -0.3 is 19.4 Å². The lowest BCUT2D eigenvalue weighted by Gasteiger charge is -2.12. The summed E-state index contributed by atoms with van der Waals surface area (Å²) in [5.41, 5.74) is 2.61. The summed E-state index contributed by atoms with van der Waals surface area (Å²) in [4.78, 5) is 37.3. The van der Waals surface area contributed by atoms with Gasteiger partial charge in [0.1, 0.15) is 28.8 Å². The first-order valence-corrected chi connectivity index (χ1v) is 15.9. The summed E-state index contributed by atoms with van der Waals surface area (Å²) >= 11 is 0. The third-order valence-corrected chi connectivity index (χ3v) is 8.20. The van der Waals surface area contributed by atoms with Gasteiger partial charge in [-0.3, -0.25) is 19.0 Å². The SMILES string of the molecule is CN(C)Cc1cccc(-c2c(-c3cnn(C)c3)oc3ncnc(Oc4ccc(NC(=O)c5cn(C)n(-c6ccc(C(F)(F)F)cc6)c5=O)cc4)c23)c1. The number of anilines is 1. The molecule has 0 atom stereocenters. The Morgan fingerprint density at radius 3 is 2.38 bits per heavy atom. The molecule has 4 heterocycles. The summed E-state index contributed by atoms with van der Waals surface area (Å²) in [5.74, 6) is 0.521. The molecular weight excluding hydrogens is 677 g/mol. The van der Waals surface area contributed by atoms with Crippen LogP contribution in [0.4, 0.5) is 18.9 Å². The normalized spacial score (nSPS) is 11.8. The Morgan fingerprint density at radius 2 is 1.71 bits per heavy atom. The monoisotopic (exact) mass is 708 g/mol. The van der Waals surface area contributed by atoms with Gasteiger partial charge in [0.25, 0.3) is 11.5 Å². The van der Waals surface area contributed by atoms with Crippen LogP contribution in [0.5, 0.6) is 11.6 Å². The van der Waals surface area contributed by atoms with Crippen LogP contribution in [-0.4, -0.2) is 54.0 Å². The number of amides is 1. The summed E-state index contributed by atoms with van der Waals surface area (Å²) in [6.45, 7) is 0.730. The first-order chi connectivity index (χ1) is 24.9. The van der Waals surface area contributed by atoms with E-state index >= 15 is 0 Å². The minimum Gasteiger partial charge on any atom is -0.438 e. The number of fused-ring (bicyclic) bond motifs is 1. The van der Waals surface area contributed by atoms with Crippen molar-refractivity contribution in [1.29, 1.82) is 0 Å². The maximum atomic E-state index is 13.2. The third-order valence-electron chi connectivity index (χ3n) is 8.20. The fraction of sp³-hybridized carbons (Fsp3) is 0.162. The van der Waals surface area contributed by atoms with Crippen molar-refractivity contribution in [3.63, 3.8) is 0 Å². The van der Waals surface area contributed by atoms with E-state index in [1.54, 1.807) is 35.1 Å². The number of hydrogen-bond donors (Lipinski definition) is 1. The van der Waals surface area contributed by atoms with Crippen molar-refractivity contribution in [3.05, 3.63) is 125 Å². The van der Waals surface area contributed by atoms with Gasteiger partial charge in [0.15, 0.2) is 0 Å². The van der Waals surface area contributed by atoms with Crippen LogP contribution >= 0.6 is 0 Å². The highest BCUT2D eigenvalue weighted by Gasteiger charge is 2.30. The second-order valence-corrected chi connectivity index (χ2v) is 12.4. The number of aryl methyl sites for hydroxylation is 2. The van der Waals surface area contributed by atoms with Crippen LogP contribution in [-0.2, 0) is 26.8 Å². The Kier molecular flexibility index (Phi) is 8.72. The number of halogens is 3. The molecule has 0 saturated heterocycles. The minimum atomic E-state index is -4.52. The zero-order valence-corrected chi connectivity index (χ0v) is 28.3. The van der Waals surface area contributed by atoms with Gasteiger partial charge in [0.05, 0.1) is 23.0 Å². The van der Waals surface area contributed by atoms with Gasteiger partial charge in [-0.2, -0.15) is 18.3 Å². The molecule has 0 fully saturated rings. The molecule has 0 aliphatic carbocycles. The van der Waals surface area contributed by atoms with Crippen LogP contribution in [0, 0.1) is 0 Å². The number of furan rings is 1. The minimum absolute atomic E-state index is 0.175. The fourth-order valence-corrected chi connectivity index (χ4v) is 5.91. The van der Waals surface area contributed by atoms with E-state index < -0.39 is 23.2 Å². The van der Waals surface area contributed by atoms with Crippen molar-refractivity contribution < 1.29 is 27.1 Å². The molecule has 0 aliphatic heterocycles. The second kappa shape index (κ2) is 13.3. The number of rotatable bonds is 9. The number of benzene rings is 3.